The van der Waals surface area contributed by atoms with Gasteiger partial charge in [-0.15, -0.1) is 0 Å². The van der Waals surface area contributed by atoms with Crippen LogP contribution >= 0.6 is 0 Å². The van der Waals surface area contributed by atoms with Crippen LogP contribution in [0.2, 0.25) is 0 Å². The van der Waals surface area contributed by atoms with E-state index in [4.69, 9.17) is 0 Å². The average Bonchev–Trinajstić information content (AvgIpc) is 2.31. The number of carbonyl (C=O) groups is 1. The predicted octanol–water partition coefficient (Wildman–Crippen LogP) is 2.02. The van der Waals surface area contributed by atoms with E-state index >= 15 is 0 Å². The maximum atomic E-state index is 12.1. The van der Waals surface area contributed by atoms with Crippen LogP contribution in [0.25, 0.3) is 0 Å². The number of unbranched alkanes of at least 4 members (excludes halogenated alkanes) is 2. The first kappa shape index (κ1) is 13.5. The summed E-state index contributed by atoms with van der Waals surface area (Å²) in [6.45, 7) is 11.3. The van der Waals surface area contributed by atoms with E-state index in [-0.39, 0.29) is 17.4 Å². The van der Waals surface area contributed by atoms with Crippen LogP contribution in [-0.4, -0.2) is 36.5 Å². The molecular weight excluding hydrogens is 200 g/mol. The number of carbonyl (C=O) groups excluding carboxylic acids is 1. The van der Waals surface area contributed by atoms with Crippen molar-refractivity contribution in [2.24, 2.45) is 5.41 Å². The summed E-state index contributed by atoms with van der Waals surface area (Å²) in [6.07, 6.45) is 3.55. The van der Waals surface area contributed by atoms with Crippen LogP contribution in [0, 0.1) is 5.41 Å². The normalized spacial score (nSPS) is 25.6. The Balaban J connectivity index is 2.59. The summed E-state index contributed by atoms with van der Waals surface area (Å²) >= 11 is 0. The van der Waals surface area contributed by atoms with Gasteiger partial charge in [0.15, 0.2) is 0 Å². The zero-order valence-electron chi connectivity index (χ0n) is 11.2. The Morgan fingerprint density at radius 3 is 2.75 bits per heavy atom. The molecule has 1 aliphatic heterocycles. The second kappa shape index (κ2) is 5.67. The van der Waals surface area contributed by atoms with Gasteiger partial charge in [-0.3, -0.25) is 4.79 Å². The van der Waals surface area contributed by atoms with Crippen LogP contribution < -0.4 is 5.32 Å². The largest absolute Gasteiger partial charge is 0.341 e. The van der Waals surface area contributed by atoms with Crippen LogP contribution in [0.1, 0.15) is 47.0 Å². The van der Waals surface area contributed by atoms with Crippen molar-refractivity contribution in [1.82, 2.24) is 10.2 Å². The van der Waals surface area contributed by atoms with E-state index in [0.29, 0.717) is 0 Å². The van der Waals surface area contributed by atoms with E-state index in [9.17, 15) is 4.79 Å². The Morgan fingerprint density at radius 1 is 1.44 bits per heavy atom. The first-order chi connectivity index (χ1) is 7.46. The summed E-state index contributed by atoms with van der Waals surface area (Å²) < 4.78 is 0. The molecule has 1 saturated heterocycles. The zero-order chi connectivity index (χ0) is 12.2. The van der Waals surface area contributed by atoms with Gasteiger partial charge in [0.1, 0.15) is 0 Å². The van der Waals surface area contributed by atoms with Gasteiger partial charge in [-0.25, -0.2) is 0 Å². The maximum absolute atomic E-state index is 12.1. The molecule has 3 heteroatoms. The monoisotopic (exact) mass is 226 g/mol. The molecule has 16 heavy (non-hydrogen) atoms. The molecule has 1 unspecified atom stereocenters. The van der Waals surface area contributed by atoms with Crippen molar-refractivity contribution in [3.05, 3.63) is 0 Å². The molecule has 0 radical (unpaired) electrons. The Bertz CT molecular complexity index is 238. The number of amides is 1. The molecule has 1 heterocycles. The Kier molecular flexibility index (Phi) is 4.78. The highest BCUT2D eigenvalue weighted by Crippen LogP contribution is 2.20. The van der Waals surface area contributed by atoms with Crippen LogP contribution in [0.5, 0.6) is 0 Å². The first-order valence-corrected chi connectivity index (χ1v) is 6.48. The lowest BCUT2D eigenvalue weighted by Crippen LogP contribution is -2.42. The minimum Gasteiger partial charge on any atom is -0.341 e. The van der Waals surface area contributed by atoms with Gasteiger partial charge in [0.2, 0.25) is 5.91 Å². The van der Waals surface area contributed by atoms with E-state index in [1.807, 2.05) is 11.8 Å². The fourth-order valence-electron chi connectivity index (χ4n) is 2.18. The lowest BCUT2D eigenvalue weighted by molar-refractivity contribution is -0.132. The molecule has 0 aromatic carbocycles. The molecule has 1 fully saturated rings. The van der Waals surface area contributed by atoms with Gasteiger partial charge in [0, 0.05) is 19.6 Å². The van der Waals surface area contributed by atoms with E-state index in [2.05, 4.69) is 26.1 Å². The Labute approximate surface area is 99.6 Å². The molecule has 0 saturated carbocycles. The molecule has 1 atom stereocenters. The topological polar surface area (TPSA) is 32.3 Å². The number of rotatable bonds is 4. The van der Waals surface area contributed by atoms with Crippen LogP contribution in [0.15, 0.2) is 0 Å². The molecule has 1 N–H and O–H groups in total. The third-order valence-corrected chi connectivity index (χ3v) is 3.22. The van der Waals surface area contributed by atoms with Gasteiger partial charge in [0.25, 0.3) is 0 Å². The molecule has 0 bridgehead atoms. The highest BCUT2D eigenvalue weighted by molar-refractivity contribution is 5.81. The quantitative estimate of drug-likeness (QED) is 0.744. The predicted molar refractivity (Wildman–Crippen MR) is 67.4 cm³/mol. The molecule has 0 aliphatic carbocycles. The average molecular weight is 226 g/mol. The second-order valence-electron chi connectivity index (χ2n) is 5.73. The fraction of sp³-hybridized carbons (Fsp3) is 0.923. The Morgan fingerprint density at radius 2 is 2.12 bits per heavy atom. The molecule has 94 valence electrons. The smallest absolute Gasteiger partial charge is 0.239 e. The molecule has 1 rings (SSSR count). The van der Waals surface area contributed by atoms with Crippen molar-refractivity contribution in [3.8, 4) is 0 Å². The number of nitrogens with zero attached hydrogens (tertiary/aromatic N) is 1. The van der Waals surface area contributed by atoms with Gasteiger partial charge in [-0.05, 0) is 18.8 Å². The summed E-state index contributed by atoms with van der Waals surface area (Å²) in [7, 11) is 0. The van der Waals surface area contributed by atoms with E-state index in [1.165, 1.54) is 12.8 Å². The lowest BCUT2D eigenvalue weighted by atomic mass is 9.93. The fourth-order valence-corrected chi connectivity index (χ4v) is 2.18. The molecule has 3 nitrogen and oxygen atoms in total. The van der Waals surface area contributed by atoms with Gasteiger partial charge in [-0.1, -0.05) is 33.6 Å². The third-order valence-electron chi connectivity index (χ3n) is 3.22. The molecule has 1 amide bonds. The minimum atomic E-state index is -0.0246. The number of hydrogen-bond acceptors (Lipinski definition) is 2. The van der Waals surface area contributed by atoms with Crippen LogP contribution in [-0.2, 0) is 4.79 Å². The molecule has 0 spiro atoms. The van der Waals surface area contributed by atoms with E-state index in [1.54, 1.807) is 0 Å². The summed E-state index contributed by atoms with van der Waals surface area (Å²) in [5.41, 5.74) is 0.187. The van der Waals surface area contributed by atoms with Crippen LogP contribution in [0.4, 0.5) is 0 Å². The van der Waals surface area contributed by atoms with Crippen molar-refractivity contribution in [2.45, 2.75) is 53.0 Å². The summed E-state index contributed by atoms with van der Waals surface area (Å²) in [6, 6.07) is -0.0246. The van der Waals surface area contributed by atoms with E-state index < -0.39 is 0 Å². The number of nitrogens with one attached hydrogen (secondary N) is 1. The van der Waals surface area contributed by atoms with Crippen molar-refractivity contribution >= 4 is 5.91 Å². The van der Waals surface area contributed by atoms with Crippen molar-refractivity contribution < 1.29 is 4.79 Å². The van der Waals surface area contributed by atoms with Gasteiger partial charge < -0.3 is 10.2 Å². The summed E-state index contributed by atoms with van der Waals surface area (Å²) in [4.78, 5) is 14.1. The van der Waals surface area contributed by atoms with Gasteiger partial charge >= 0.3 is 0 Å². The molecule has 1 aliphatic rings. The maximum Gasteiger partial charge on any atom is 0.239 e. The van der Waals surface area contributed by atoms with Crippen molar-refractivity contribution in [3.63, 3.8) is 0 Å². The van der Waals surface area contributed by atoms with Crippen LogP contribution in [0.3, 0.4) is 0 Å². The minimum absolute atomic E-state index is 0.0246. The molecular formula is C13H26N2O. The Hall–Kier alpha value is -0.570. The van der Waals surface area contributed by atoms with Crippen molar-refractivity contribution in [1.29, 1.82) is 0 Å². The number of hydrogen-bond donors (Lipinski definition) is 1. The third kappa shape index (κ3) is 3.78. The standard InChI is InChI=1S/C13H26N2O/c1-5-6-7-8-15-10-13(3,4)9-14-11(2)12(15)16/h11,14H,5-10H2,1-4H3. The molecule has 0 aromatic heterocycles. The zero-order valence-corrected chi connectivity index (χ0v) is 11.2. The first-order valence-electron chi connectivity index (χ1n) is 6.48. The SMILES string of the molecule is CCCCCN1CC(C)(C)CNC(C)C1=O. The van der Waals surface area contributed by atoms with Gasteiger partial charge in [-0.2, -0.15) is 0 Å². The molecule has 0 aromatic rings. The van der Waals surface area contributed by atoms with E-state index in [0.717, 1.165) is 26.1 Å². The second-order valence-corrected chi connectivity index (χ2v) is 5.73. The summed E-state index contributed by atoms with van der Waals surface area (Å²) in [5.74, 6) is 0.265. The van der Waals surface area contributed by atoms with Crippen molar-refractivity contribution in [2.75, 3.05) is 19.6 Å². The highest BCUT2D eigenvalue weighted by atomic mass is 16.2. The van der Waals surface area contributed by atoms with Gasteiger partial charge in [0.05, 0.1) is 6.04 Å². The highest BCUT2D eigenvalue weighted by Gasteiger charge is 2.31. The summed E-state index contributed by atoms with van der Waals surface area (Å²) in [5, 5.41) is 3.31. The lowest BCUT2D eigenvalue weighted by Gasteiger charge is -2.29.